The van der Waals surface area contributed by atoms with E-state index in [4.69, 9.17) is 11.6 Å². The van der Waals surface area contributed by atoms with Crippen LogP contribution in [-0.2, 0) is 0 Å². The van der Waals surface area contributed by atoms with E-state index in [1.165, 1.54) is 0 Å². The lowest BCUT2D eigenvalue weighted by molar-refractivity contribution is 0.872. The molecule has 0 radical (unpaired) electrons. The summed E-state index contributed by atoms with van der Waals surface area (Å²) in [6.07, 6.45) is 6.90. The van der Waals surface area contributed by atoms with Crippen LogP contribution in [0.4, 0.5) is 5.82 Å². The first-order valence-electron chi connectivity index (χ1n) is 7.83. The normalized spacial score (nSPS) is 12.2. The molecule has 7 heteroatoms. The van der Waals surface area contributed by atoms with E-state index < -0.39 is 0 Å². The van der Waals surface area contributed by atoms with Crippen LogP contribution in [0.5, 0.6) is 0 Å². The maximum absolute atomic E-state index is 5.95. The van der Waals surface area contributed by atoms with Gasteiger partial charge in [-0.15, -0.1) is 0 Å². The molecule has 6 nitrogen and oxygen atoms in total. The number of hydrogen-bond acceptors (Lipinski definition) is 5. The molecule has 0 fully saturated rings. The second kappa shape index (κ2) is 6.49. The highest BCUT2D eigenvalue weighted by Crippen LogP contribution is 2.24. The van der Waals surface area contributed by atoms with Crippen molar-refractivity contribution in [1.29, 1.82) is 0 Å². The van der Waals surface area contributed by atoms with Gasteiger partial charge in [0.05, 0.1) is 17.5 Å². The number of fused-ring (bicyclic) bond motifs is 1. The van der Waals surface area contributed by atoms with Crippen molar-refractivity contribution in [3.63, 3.8) is 0 Å². The molecular weight excluding hydrogens is 336 g/mol. The Kier molecular flexibility index (Phi) is 4.03. The van der Waals surface area contributed by atoms with Crippen LogP contribution in [0.25, 0.3) is 16.9 Å². The zero-order valence-corrected chi connectivity index (χ0v) is 14.2. The number of benzene rings is 1. The van der Waals surface area contributed by atoms with Crippen molar-refractivity contribution in [1.82, 2.24) is 24.6 Å². The van der Waals surface area contributed by atoms with E-state index >= 15 is 0 Å². The van der Waals surface area contributed by atoms with Crippen molar-refractivity contribution in [2.24, 2.45) is 0 Å². The molecule has 0 bridgehead atoms. The summed E-state index contributed by atoms with van der Waals surface area (Å²) in [6.45, 7) is 2.07. The summed E-state index contributed by atoms with van der Waals surface area (Å²) < 4.78 is 1.72. The standard InChI is InChI=1S/C18H15ClN6/c1-12(13-3-5-14(19)6-4-13)24-17-9-16(21-11-22-17)15-10-23-25-8-2-7-20-18(15)25/h2-12H,1H3,(H,21,22,24)/t12-/m0/s1. The molecule has 0 unspecified atom stereocenters. The number of anilines is 1. The van der Waals surface area contributed by atoms with Gasteiger partial charge in [-0.2, -0.15) is 5.10 Å². The number of nitrogens with zero attached hydrogens (tertiary/aromatic N) is 5. The molecule has 0 saturated heterocycles. The Labute approximate surface area is 149 Å². The molecule has 1 aromatic carbocycles. The molecular formula is C18H15ClN6. The van der Waals surface area contributed by atoms with Crippen molar-refractivity contribution in [3.05, 3.63) is 71.9 Å². The fraction of sp³-hybridized carbons (Fsp3) is 0.111. The molecule has 0 amide bonds. The fourth-order valence-corrected chi connectivity index (χ4v) is 2.77. The van der Waals surface area contributed by atoms with E-state index in [0.717, 1.165) is 33.3 Å². The van der Waals surface area contributed by atoms with Crippen LogP contribution in [-0.4, -0.2) is 24.6 Å². The van der Waals surface area contributed by atoms with Crippen molar-refractivity contribution in [2.75, 3.05) is 5.32 Å². The average molecular weight is 351 g/mol. The third-order valence-corrected chi connectivity index (χ3v) is 4.21. The van der Waals surface area contributed by atoms with E-state index in [9.17, 15) is 0 Å². The number of nitrogens with one attached hydrogen (secondary N) is 1. The van der Waals surface area contributed by atoms with Gasteiger partial charge in [-0.25, -0.2) is 19.5 Å². The average Bonchev–Trinajstić information content (AvgIpc) is 3.06. The van der Waals surface area contributed by atoms with Gasteiger partial charge in [0.2, 0.25) is 0 Å². The first-order chi connectivity index (χ1) is 12.2. The van der Waals surface area contributed by atoms with Crippen molar-refractivity contribution >= 4 is 23.1 Å². The Morgan fingerprint density at radius 3 is 2.80 bits per heavy atom. The Bertz CT molecular complexity index is 1010. The summed E-state index contributed by atoms with van der Waals surface area (Å²) >= 11 is 5.95. The van der Waals surface area contributed by atoms with Crippen LogP contribution in [0.3, 0.4) is 0 Å². The Hall–Kier alpha value is -2.99. The van der Waals surface area contributed by atoms with Crippen LogP contribution in [0.15, 0.2) is 61.3 Å². The summed E-state index contributed by atoms with van der Waals surface area (Å²) in [5.41, 5.74) is 3.53. The fourth-order valence-electron chi connectivity index (χ4n) is 2.65. The Morgan fingerprint density at radius 2 is 1.96 bits per heavy atom. The summed E-state index contributed by atoms with van der Waals surface area (Å²) in [6, 6.07) is 11.6. The van der Waals surface area contributed by atoms with Crippen LogP contribution >= 0.6 is 11.6 Å². The molecule has 25 heavy (non-hydrogen) atoms. The summed E-state index contributed by atoms with van der Waals surface area (Å²) in [7, 11) is 0. The molecule has 0 aliphatic heterocycles. The van der Waals surface area contributed by atoms with Crippen molar-refractivity contribution in [3.8, 4) is 11.3 Å². The van der Waals surface area contributed by atoms with Gasteiger partial charge in [0.1, 0.15) is 12.1 Å². The second-order valence-electron chi connectivity index (χ2n) is 5.65. The topological polar surface area (TPSA) is 68.0 Å². The van der Waals surface area contributed by atoms with E-state index in [1.807, 2.05) is 42.6 Å². The van der Waals surface area contributed by atoms with E-state index in [0.29, 0.717) is 0 Å². The first-order valence-corrected chi connectivity index (χ1v) is 8.21. The zero-order valence-electron chi connectivity index (χ0n) is 13.5. The molecule has 0 aliphatic carbocycles. The number of halogens is 1. The van der Waals surface area contributed by atoms with Gasteiger partial charge in [0.25, 0.3) is 0 Å². The van der Waals surface area contributed by atoms with Gasteiger partial charge < -0.3 is 5.32 Å². The highest BCUT2D eigenvalue weighted by atomic mass is 35.5. The molecule has 1 N–H and O–H groups in total. The predicted octanol–water partition coefficient (Wildman–Crippen LogP) is 4.01. The van der Waals surface area contributed by atoms with E-state index in [1.54, 1.807) is 23.2 Å². The van der Waals surface area contributed by atoms with Gasteiger partial charge in [0.15, 0.2) is 5.65 Å². The summed E-state index contributed by atoms with van der Waals surface area (Å²) in [5, 5.41) is 8.41. The lowest BCUT2D eigenvalue weighted by Gasteiger charge is -2.15. The van der Waals surface area contributed by atoms with E-state index in [2.05, 4.69) is 32.3 Å². The molecule has 0 spiro atoms. The largest absolute Gasteiger partial charge is 0.363 e. The van der Waals surface area contributed by atoms with Crippen LogP contribution in [0.1, 0.15) is 18.5 Å². The summed E-state index contributed by atoms with van der Waals surface area (Å²) in [4.78, 5) is 13.0. The highest BCUT2D eigenvalue weighted by molar-refractivity contribution is 6.30. The third-order valence-electron chi connectivity index (χ3n) is 3.96. The maximum atomic E-state index is 5.95. The number of aromatic nitrogens is 5. The minimum Gasteiger partial charge on any atom is -0.363 e. The number of rotatable bonds is 4. The quantitative estimate of drug-likeness (QED) is 0.602. The van der Waals surface area contributed by atoms with Crippen LogP contribution in [0.2, 0.25) is 5.02 Å². The second-order valence-corrected chi connectivity index (χ2v) is 6.09. The third kappa shape index (κ3) is 3.16. The number of hydrogen-bond donors (Lipinski definition) is 1. The molecule has 0 saturated carbocycles. The molecule has 3 aromatic heterocycles. The van der Waals surface area contributed by atoms with Crippen molar-refractivity contribution in [2.45, 2.75) is 13.0 Å². The van der Waals surface area contributed by atoms with Gasteiger partial charge in [-0.05, 0) is 30.7 Å². The van der Waals surface area contributed by atoms with Crippen LogP contribution < -0.4 is 5.32 Å². The lowest BCUT2D eigenvalue weighted by atomic mass is 10.1. The summed E-state index contributed by atoms with van der Waals surface area (Å²) in [5.74, 6) is 0.739. The minimum absolute atomic E-state index is 0.0852. The monoisotopic (exact) mass is 350 g/mol. The molecule has 124 valence electrons. The van der Waals surface area contributed by atoms with Gasteiger partial charge in [-0.3, -0.25) is 0 Å². The maximum Gasteiger partial charge on any atom is 0.164 e. The molecule has 1 atom stereocenters. The molecule has 0 aliphatic rings. The zero-order chi connectivity index (χ0) is 17.2. The SMILES string of the molecule is C[C@H](Nc1cc(-c2cnn3cccnc23)ncn1)c1ccc(Cl)cc1. The predicted molar refractivity (Wildman–Crippen MR) is 97.5 cm³/mol. The molecule has 4 aromatic rings. The van der Waals surface area contributed by atoms with Gasteiger partial charge >= 0.3 is 0 Å². The van der Waals surface area contributed by atoms with E-state index in [-0.39, 0.29) is 6.04 Å². The Balaban J connectivity index is 1.62. The smallest absolute Gasteiger partial charge is 0.164 e. The van der Waals surface area contributed by atoms with Crippen molar-refractivity contribution < 1.29 is 0 Å². The minimum atomic E-state index is 0.0852. The first kappa shape index (κ1) is 15.5. The molecule has 3 heterocycles. The van der Waals surface area contributed by atoms with Gasteiger partial charge in [-0.1, -0.05) is 23.7 Å². The lowest BCUT2D eigenvalue weighted by Crippen LogP contribution is -2.08. The van der Waals surface area contributed by atoms with Crippen LogP contribution in [0, 0.1) is 0 Å². The van der Waals surface area contributed by atoms with Gasteiger partial charge in [0, 0.05) is 29.5 Å². The highest BCUT2D eigenvalue weighted by Gasteiger charge is 2.11. The Morgan fingerprint density at radius 1 is 1.12 bits per heavy atom. The molecule has 4 rings (SSSR count).